The number of benzene rings is 7. The number of nitrogens with one attached hydrogen (secondary N) is 1. The molecule has 10 rings (SSSR count). The highest BCUT2D eigenvalue weighted by Gasteiger charge is 2.38. The molecule has 3 heteroatoms. The van der Waals surface area contributed by atoms with Gasteiger partial charge in [0.05, 0.1) is 22.4 Å². The Morgan fingerprint density at radius 1 is 0.620 bits per heavy atom. The van der Waals surface area contributed by atoms with Crippen molar-refractivity contribution in [3.63, 3.8) is 0 Å². The largest absolute Gasteiger partial charge is 0.355 e. The van der Waals surface area contributed by atoms with Gasteiger partial charge in [0.15, 0.2) is 0 Å². The van der Waals surface area contributed by atoms with Gasteiger partial charge in [0, 0.05) is 61.1 Å². The van der Waals surface area contributed by atoms with E-state index in [1.807, 2.05) is 0 Å². The molecule has 1 heterocycles. The van der Waals surface area contributed by atoms with Crippen molar-refractivity contribution >= 4 is 73.7 Å². The summed E-state index contributed by atoms with van der Waals surface area (Å²) in [5.74, 6) is 0. The number of hydrogen-bond donors (Lipinski definition) is 1. The second-order valence-corrected chi connectivity index (χ2v) is 21.7. The van der Waals surface area contributed by atoms with Crippen LogP contribution in [0.1, 0.15) is 112 Å². The number of rotatable bonds is 10. The molecular weight excluding hydrogens is 859 g/mol. The molecule has 2 aliphatic carbocycles. The predicted molar refractivity (Wildman–Crippen MR) is 310 cm³/mol. The normalized spacial score (nSPS) is 14.7. The minimum absolute atomic E-state index is 0.0671. The fraction of sp³-hybridized carbons (Fsp3) is 0.206. The maximum atomic E-state index is 4.78. The monoisotopic (exact) mass is 926 g/mol. The molecule has 7 aromatic carbocycles. The highest BCUT2D eigenvalue weighted by Crippen LogP contribution is 2.55. The van der Waals surface area contributed by atoms with Crippen molar-refractivity contribution in [2.24, 2.45) is 5.41 Å². The van der Waals surface area contributed by atoms with Crippen LogP contribution in [0.5, 0.6) is 0 Å². The molecule has 71 heavy (non-hydrogen) atoms. The van der Waals surface area contributed by atoms with Crippen LogP contribution < -0.4 is 10.2 Å². The zero-order chi connectivity index (χ0) is 50.1. The Kier molecular flexibility index (Phi) is 11.7. The highest BCUT2D eigenvalue weighted by atomic mass is 15.1. The van der Waals surface area contributed by atoms with E-state index in [2.05, 4.69) is 267 Å². The molecule has 0 aliphatic heterocycles. The summed E-state index contributed by atoms with van der Waals surface area (Å²) in [6, 6.07) is 49.6. The Bertz CT molecular complexity index is 3610. The number of aryl methyl sites for hydroxylation is 2. The zero-order valence-electron chi connectivity index (χ0n) is 43.6. The van der Waals surface area contributed by atoms with Gasteiger partial charge in [-0.25, -0.2) is 0 Å². The van der Waals surface area contributed by atoms with Gasteiger partial charge in [-0.15, -0.1) is 0 Å². The third-order valence-electron chi connectivity index (χ3n) is 15.4. The zero-order valence-corrected chi connectivity index (χ0v) is 43.6. The summed E-state index contributed by atoms with van der Waals surface area (Å²) in [4.78, 5) is 2.54. The van der Waals surface area contributed by atoms with Crippen molar-refractivity contribution < 1.29 is 0 Å². The molecule has 0 saturated carbocycles. The first-order chi connectivity index (χ1) is 33.9. The van der Waals surface area contributed by atoms with E-state index in [-0.39, 0.29) is 10.8 Å². The molecule has 0 spiro atoms. The van der Waals surface area contributed by atoms with Gasteiger partial charge < -0.3 is 14.8 Å². The van der Waals surface area contributed by atoms with Crippen LogP contribution in [0.25, 0.3) is 56.4 Å². The topological polar surface area (TPSA) is 20.2 Å². The fourth-order valence-electron chi connectivity index (χ4n) is 11.4. The SMILES string of the molecule is C=C(/C=C(\C=C/C)C(C)(C)C)c1ccc2c(c1Nc1ccccc1)C=Cc1c(cc(N(c3ccc(C)c(C)c3)c3ccc4c(c3)C(C)(C)c3ccccc3-4)c3c4ccccc4n(C(=C)/C=C\C)c13)C2(C)C. The van der Waals surface area contributed by atoms with Gasteiger partial charge in [-0.05, 0) is 143 Å². The van der Waals surface area contributed by atoms with Gasteiger partial charge in [-0.2, -0.15) is 0 Å². The molecule has 0 atom stereocenters. The van der Waals surface area contributed by atoms with Gasteiger partial charge in [0.2, 0.25) is 0 Å². The lowest BCUT2D eigenvalue weighted by Gasteiger charge is -2.34. The van der Waals surface area contributed by atoms with E-state index < -0.39 is 5.41 Å². The Morgan fingerprint density at radius 3 is 2.00 bits per heavy atom. The van der Waals surface area contributed by atoms with Crippen LogP contribution in [0.4, 0.5) is 28.4 Å². The third-order valence-corrected chi connectivity index (χ3v) is 15.4. The lowest BCUT2D eigenvalue weighted by atomic mass is 9.74. The molecule has 1 N–H and O–H groups in total. The van der Waals surface area contributed by atoms with E-state index in [0.717, 1.165) is 61.9 Å². The summed E-state index contributed by atoms with van der Waals surface area (Å²) in [5.41, 5.74) is 23.7. The number of para-hydroxylation sites is 2. The second kappa shape index (κ2) is 17.7. The molecule has 0 saturated heterocycles. The number of fused-ring (bicyclic) bond motifs is 9. The van der Waals surface area contributed by atoms with E-state index in [1.165, 1.54) is 66.4 Å². The fourth-order valence-corrected chi connectivity index (χ4v) is 11.4. The standard InChI is InChI=1S/C68H67N3/c1-14-23-46(6)70-61-30-22-20-28-56(61)63-62(71(49-32-31-43(3)44(4)40-49)50-33-34-53-52-27-19-21-29-57(52)67(10,11)59(53)41-50)42-60-55(65(63)70)36-35-54-58(68(60,12)13)38-37-51(64(54)69-48-25-17-16-18-26-48)45(5)39-47(24-15-2)66(7,8)9/h14-42,69H,5-6H2,1-4,7-13H3/b23-14-,24-15-,47-39+. The number of anilines is 5. The molecule has 354 valence electrons. The van der Waals surface area contributed by atoms with E-state index in [0.29, 0.717) is 0 Å². The molecule has 0 fully saturated rings. The van der Waals surface area contributed by atoms with Crippen LogP contribution in [-0.2, 0) is 10.8 Å². The minimum Gasteiger partial charge on any atom is -0.355 e. The lowest BCUT2D eigenvalue weighted by molar-refractivity contribution is 0.517. The van der Waals surface area contributed by atoms with Crippen molar-refractivity contribution in [1.29, 1.82) is 0 Å². The maximum Gasteiger partial charge on any atom is 0.0637 e. The molecular formula is C68H67N3. The van der Waals surface area contributed by atoms with Gasteiger partial charge >= 0.3 is 0 Å². The average molecular weight is 926 g/mol. The van der Waals surface area contributed by atoms with Crippen molar-refractivity contribution in [2.75, 3.05) is 10.2 Å². The maximum absolute atomic E-state index is 4.78. The molecule has 1 aromatic heterocycles. The first-order valence-corrected chi connectivity index (χ1v) is 25.2. The molecule has 3 nitrogen and oxygen atoms in total. The summed E-state index contributed by atoms with van der Waals surface area (Å²) < 4.78 is 2.40. The van der Waals surface area contributed by atoms with Gasteiger partial charge in [-0.1, -0.05) is 183 Å². The Balaban J connectivity index is 1.31. The summed E-state index contributed by atoms with van der Waals surface area (Å²) >= 11 is 0. The van der Waals surface area contributed by atoms with Crippen molar-refractivity contribution in [3.05, 3.63) is 233 Å². The smallest absolute Gasteiger partial charge is 0.0637 e. The first kappa shape index (κ1) is 47.1. The minimum atomic E-state index is -0.499. The number of allylic oxidation sites excluding steroid dienone is 8. The van der Waals surface area contributed by atoms with Gasteiger partial charge in [0.1, 0.15) is 0 Å². The molecule has 0 radical (unpaired) electrons. The quantitative estimate of drug-likeness (QED) is 0.138. The molecule has 0 bridgehead atoms. The second-order valence-electron chi connectivity index (χ2n) is 21.7. The van der Waals surface area contributed by atoms with E-state index in [4.69, 9.17) is 13.2 Å². The van der Waals surface area contributed by atoms with Crippen LogP contribution in [0.2, 0.25) is 0 Å². The van der Waals surface area contributed by atoms with Crippen LogP contribution in [0.3, 0.4) is 0 Å². The Morgan fingerprint density at radius 2 is 1.27 bits per heavy atom. The molecule has 0 amide bonds. The van der Waals surface area contributed by atoms with Crippen LogP contribution >= 0.6 is 0 Å². The first-order valence-electron chi connectivity index (χ1n) is 25.2. The summed E-state index contributed by atoms with van der Waals surface area (Å²) in [6.45, 7) is 34.5. The summed E-state index contributed by atoms with van der Waals surface area (Å²) in [5, 5.41) is 6.30. The average Bonchev–Trinajstić information content (AvgIpc) is 3.77. The lowest BCUT2D eigenvalue weighted by Crippen LogP contribution is -2.23. The van der Waals surface area contributed by atoms with Crippen molar-refractivity contribution in [1.82, 2.24) is 4.57 Å². The van der Waals surface area contributed by atoms with E-state index in [1.54, 1.807) is 0 Å². The van der Waals surface area contributed by atoms with Gasteiger partial charge in [0.25, 0.3) is 0 Å². The molecule has 2 aliphatic rings. The highest BCUT2D eigenvalue weighted by molar-refractivity contribution is 6.20. The molecule has 8 aromatic rings. The Labute approximate surface area is 422 Å². The van der Waals surface area contributed by atoms with E-state index in [9.17, 15) is 0 Å². The number of hydrogen-bond acceptors (Lipinski definition) is 2. The number of aromatic nitrogens is 1. The summed E-state index contributed by atoms with van der Waals surface area (Å²) in [7, 11) is 0. The van der Waals surface area contributed by atoms with Crippen LogP contribution in [0.15, 0.2) is 183 Å². The number of nitrogens with zero attached hydrogens (tertiary/aromatic N) is 2. The summed E-state index contributed by atoms with van der Waals surface area (Å²) in [6.07, 6.45) is 15.6. The van der Waals surface area contributed by atoms with Crippen molar-refractivity contribution in [3.8, 4) is 11.1 Å². The van der Waals surface area contributed by atoms with Gasteiger partial charge in [-0.3, -0.25) is 0 Å². The van der Waals surface area contributed by atoms with Crippen LogP contribution in [0, 0.1) is 19.3 Å². The third kappa shape index (κ3) is 7.83. The van der Waals surface area contributed by atoms with E-state index >= 15 is 0 Å². The Hall–Kier alpha value is -7.62. The molecule has 0 unspecified atom stereocenters. The van der Waals surface area contributed by atoms with Crippen molar-refractivity contribution in [2.45, 2.75) is 87.0 Å². The van der Waals surface area contributed by atoms with Crippen LogP contribution in [-0.4, -0.2) is 4.57 Å². The predicted octanol–water partition coefficient (Wildman–Crippen LogP) is 19.3.